The molecule has 0 atom stereocenters. The molecule has 1 heteroatoms. The molecular formula is C22H22O. The van der Waals surface area contributed by atoms with Gasteiger partial charge in [-0.3, -0.25) is 0 Å². The van der Waals surface area contributed by atoms with E-state index in [2.05, 4.69) is 87.5 Å². The Morgan fingerprint density at radius 3 is 2.09 bits per heavy atom. The highest BCUT2D eigenvalue weighted by Crippen LogP contribution is 2.27. The van der Waals surface area contributed by atoms with Crippen molar-refractivity contribution in [3.8, 4) is 16.9 Å². The lowest BCUT2D eigenvalue weighted by Crippen LogP contribution is -1.96. The molecule has 3 rings (SSSR count). The molecule has 0 aliphatic heterocycles. The van der Waals surface area contributed by atoms with Gasteiger partial charge in [0.05, 0.1) is 0 Å². The van der Waals surface area contributed by atoms with E-state index in [1.807, 2.05) is 0 Å². The lowest BCUT2D eigenvalue weighted by atomic mass is 10.0. The Bertz CT molecular complexity index is 818. The minimum Gasteiger partial charge on any atom is -0.489 e. The van der Waals surface area contributed by atoms with E-state index in [0.717, 1.165) is 5.75 Å². The van der Waals surface area contributed by atoms with Gasteiger partial charge < -0.3 is 4.74 Å². The van der Waals surface area contributed by atoms with Crippen LogP contribution in [0.15, 0.2) is 66.7 Å². The van der Waals surface area contributed by atoms with Crippen LogP contribution in [-0.2, 0) is 6.61 Å². The number of aryl methyl sites for hydroxylation is 3. The Hall–Kier alpha value is -2.54. The highest BCUT2D eigenvalue weighted by molar-refractivity contribution is 5.66. The van der Waals surface area contributed by atoms with Crippen molar-refractivity contribution in [2.45, 2.75) is 27.4 Å². The summed E-state index contributed by atoms with van der Waals surface area (Å²) in [5.41, 5.74) is 7.37. The van der Waals surface area contributed by atoms with E-state index in [1.54, 1.807) is 0 Å². The summed E-state index contributed by atoms with van der Waals surface area (Å²) in [5, 5.41) is 0. The van der Waals surface area contributed by atoms with Crippen LogP contribution in [0.3, 0.4) is 0 Å². The van der Waals surface area contributed by atoms with Gasteiger partial charge in [0.25, 0.3) is 0 Å². The molecule has 0 radical (unpaired) electrons. The molecule has 0 amide bonds. The monoisotopic (exact) mass is 302 g/mol. The van der Waals surface area contributed by atoms with Gasteiger partial charge in [0.2, 0.25) is 0 Å². The third-order valence-electron chi connectivity index (χ3n) is 3.89. The largest absolute Gasteiger partial charge is 0.489 e. The van der Waals surface area contributed by atoms with Crippen LogP contribution in [-0.4, -0.2) is 0 Å². The van der Waals surface area contributed by atoms with Crippen LogP contribution in [0.5, 0.6) is 5.75 Å². The van der Waals surface area contributed by atoms with Crippen LogP contribution in [0.2, 0.25) is 0 Å². The molecule has 1 nitrogen and oxygen atoms in total. The average molecular weight is 302 g/mol. The van der Waals surface area contributed by atoms with Gasteiger partial charge in [-0.05, 0) is 55.2 Å². The van der Waals surface area contributed by atoms with Crippen molar-refractivity contribution in [3.63, 3.8) is 0 Å². The van der Waals surface area contributed by atoms with E-state index < -0.39 is 0 Å². The summed E-state index contributed by atoms with van der Waals surface area (Å²) in [7, 11) is 0. The highest BCUT2D eigenvalue weighted by atomic mass is 16.5. The Morgan fingerprint density at radius 1 is 0.652 bits per heavy atom. The quantitative estimate of drug-likeness (QED) is 0.586. The van der Waals surface area contributed by atoms with Crippen molar-refractivity contribution in [2.24, 2.45) is 0 Å². The minimum absolute atomic E-state index is 0.596. The molecule has 0 bridgehead atoms. The normalized spacial score (nSPS) is 10.6. The highest BCUT2D eigenvalue weighted by Gasteiger charge is 2.04. The second kappa shape index (κ2) is 6.70. The van der Waals surface area contributed by atoms with E-state index in [1.165, 1.54) is 33.4 Å². The summed E-state index contributed by atoms with van der Waals surface area (Å²) in [6.45, 7) is 6.93. The molecule has 23 heavy (non-hydrogen) atoms. The lowest BCUT2D eigenvalue weighted by Gasteiger charge is -2.11. The van der Waals surface area contributed by atoms with Gasteiger partial charge in [-0.1, -0.05) is 65.7 Å². The standard InChI is InChI=1S/C22H22O/c1-16-6-4-8-19(10-16)15-23-22-13-18(3)12-21(14-22)20-9-5-7-17(2)11-20/h4-14H,15H2,1-3H3. The van der Waals surface area contributed by atoms with Crippen LogP contribution in [0, 0.1) is 20.8 Å². The molecule has 0 aliphatic rings. The summed E-state index contributed by atoms with van der Waals surface area (Å²) >= 11 is 0. The molecule has 0 aromatic heterocycles. The van der Waals surface area contributed by atoms with E-state index in [4.69, 9.17) is 4.74 Å². The Balaban J connectivity index is 1.83. The number of rotatable bonds is 4. The fourth-order valence-electron chi connectivity index (χ4n) is 2.79. The van der Waals surface area contributed by atoms with E-state index >= 15 is 0 Å². The third kappa shape index (κ3) is 4.01. The maximum atomic E-state index is 6.02. The summed E-state index contributed by atoms with van der Waals surface area (Å²) in [5.74, 6) is 0.919. The van der Waals surface area contributed by atoms with Crippen LogP contribution < -0.4 is 4.74 Å². The summed E-state index contributed by atoms with van der Waals surface area (Å²) in [6, 6.07) is 23.4. The lowest BCUT2D eigenvalue weighted by molar-refractivity contribution is 0.306. The summed E-state index contributed by atoms with van der Waals surface area (Å²) in [4.78, 5) is 0. The third-order valence-corrected chi connectivity index (χ3v) is 3.89. The molecule has 3 aromatic rings. The molecule has 0 N–H and O–H groups in total. The zero-order valence-corrected chi connectivity index (χ0v) is 14.0. The zero-order chi connectivity index (χ0) is 16.2. The molecule has 0 unspecified atom stereocenters. The van der Waals surface area contributed by atoms with Gasteiger partial charge in [0, 0.05) is 0 Å². The van der Waals surface area contributed by atoms with Crippen molar-refractivity contribution in [3.05, 3.63) is 89.0 Å². The van der Waals surface area contributed by atoms with Gasteiger partial charge in [-0.15, -0.1) is 0 Å². The van der Waals surface area contributed by atoms with Crippen molar-refractivity contribution in [1.29, 1.82) is 0 Å². The fraction of sp³-hybridized carbons (Fsp3) is 0.182. The Labute approximate surface area is 138 Å². The number of benzene rings is 3. The summed E-state index contributed by atoms with van der Waals surface area (Å²) < 4.78 is 6.02. The molecule has 0 saturated carbocycles. The van der Waals surface area contributed by atoms with Crippen LogP contribution in [0.1, 0.15) is 22.3 Å². The van der Waals surface area contributed by atoms with Crippen molar-refractivity contribution >= 4 is 0 Å². The van der Waals surface area contributed by atoms with Gasteiger partial charge in [-0.25, -0.2) is 0 Å². The second-order valence-electron chi connectivity index (χ2n) is 6.18. The molecule has 0 saturated heterocycles. The first-order valence-electron chi connectivity index (χ1n) is 7.97. The predicted octanol–water partition coefficient (Wildman–Crippen LogP) is 5.86. The zero-order valence-electron chi connectivity index (χ0n) is 14.0. The van der Waals surface area contributed by atoms with Gasteiger partial charge in [-0.2, -0.15) is 0 Å². The first kappa shape index (κ1) is 15.4. The first-order chi connectivity index (χ1) is 11.1. The van der Waals surface area contributed by atoms with Gasteiger partial charge >= 0.3 is 0 Å². The molecule has 0 aliphatic carbocycles. The maximum absolute atomic E-state index is 6.02. The number of hydrogen-bond donors (Lipinski definition) is 0. The topological polar surface area (TPSA) is 9.23 Å². The van der Waals surface area contributed by atoms with Gasteiger partial charge in [0.15, 0.2) is 0 Å². The van der Waals surface area contributed by atoms with Crippen molar-refractivity contribution in [1.82, 2.24) is 0 Å². The molecule has 0 heterocycles. The molecular weight excluding hydrogens is 280 g/mol. The smallest absolute Gasteiger partial charge is 0.120 e. The minimum atomic E-state index is 0.596. The maximum Gasteiger partial charge on any atom is 0.120 e. The molecule has 3 aromatic carbocycles. The molecule has 116 valence electrons. The summed E-state index contributed by atoms with van der Waals surface area (Å²) in [6.07, 6.45) is 0. The van der Waals surface area contributed by atoms with Crippen LogP contribution in [0.4, 0.5) is 0 Å². The van der Waals surface area contributed by atoms with Gasteiger partial charge in [0.1, 0.15) is 12.4 Å². The van der Waals surface area contributed by atoms with E-state index in [9.17, 15) is 0 Å². The van der Waals surface area contributed by atoms with Crippen molar-refractivity contribution in [2.75, 3.05) is 0 Å². The van der Waals surface area contributed by atoms with E-state index in [-0.39, 0.29) is 0 Å². The van der Waals surface area contributed by atoms with Crippen LogP contribution in [0.25, 0.3) is 11.1 Å². The number of ether oxygens (including phenoxy) is 1. The SMILES string of the molecule is Cc1cccc(COc2cc(C)cc(-c3cccc(C)c3)c2)c1. The Morgan fingerprint density at radius 2 is 1.35 bits per heavy atom. The Kier molecular flexibility index (Phi) is 4.47. The van der Waals surface area contributed by atoms with Crippen LogP contribution >= 0.6 is 0 Å². The average Bonchev–Trinajstić information content (AvgIpc) is 2.52. The second-order valence-corrected chi connectivity index (χ2v) is 6.18. The first-order valence-corrected chi connectivity index (χ1v) is 7.97. The molecule has 0 spiro atoms. The van der Waals surface area contributed by atoms with Crippen molar-refractivity contribution < 1.29 is 4.74 Å². The number of hydrogen-bond acceptors (Lipinski definition) is 1. The molecule has 0 fully saturated rings. The van der Waals surface area contributed by atoms with E-state index in [0.29, 0.717) is 6.61 Å². The predicted molar refractivity (Wildman–Crippen MR) is 96.9 cm³/mol. The fourth-order valence-corrected chi connectivity index (χ4v) is 2.79.